The zero-order valence-electron chi connectivity index (χ0n) is 14.0. The van der Waals surface area contributed by atoms with Crippen molar-refractivity contribution in [2.75, 3.05) is 19.0 Å². The fourth-order valence-electron chi connectivity index (χ4n) is 2.28. The van der Waals surface area contributed by atoms with Gasteiger partial charge in [0.25, 0.3) is 5.91 Å². The predicted octanol–water partition coefficient (Wildman–Crippen LogP) is 2.92. The molecule has 128 valence electrons. The highest BCUT2D eigenvalue weighted by molar-refractivity contribution is 6.32. The van der Waals surface area contributed by atoms with E-state index in [1.165, 1.54) is 0 Å². The maximum atomic E-state index is 12.3. The van der Waals surface area contributed by atoms with Crippen molar-refractivity contribution in [1.82, 2.24) is 20.1 Å². The molecule has 0 saturated heterocycles. The van der Waals surface area contributed by atoms with Crippen molar-refractivity contribution in [3.63, 3.8) is 0 Å². The van der Waals surface area contributed by atoms with Crippen LogP contribution in [0, 0.1) is 0 Å². The highest BCUT2D eigenvalue weighted by Gasteiger charge is 2.11. The maximum Gasteiger partial charge on any atom is 0.272 e. The standard InChI is InChI=1S/C18H18ClN5O/c1-23(2)17-8-7-13(11-20-17)12-21-18(25)15-9-10-24(22-15)16-6-4-3-5-14(16)19/h3-11H,12H2,1-2H3,(H,21,25). The second-order valence-electron chi connectivity index (χ2n) is 5.70. The minimum Gasteiger partial charge on any atom is -0.363 e. The summed E-state index contributed by atoms with van der Waals surface area (Å²) in [6, 6.07) is 12.8. The van der Waals surface area contributed by atoms with E-state index in [2.05, 4.69) is 15.4 Å². The summed E-state index contributed by atoms with van der Waals surface area (Å²) in [7, 11) is 3.86. The molecule has 25 heavy (non-hydrogen) atoms. The third-order valence-electron chi connectivity index (χ3n) is 3.64. The van der Waals surface area contributed by atoms with Crippen molar-refractivity contribution >= 4 is 23.3 Å². The Morgan fingerprint density at radius 2 is 2.00 bits per heavy atom. The van der Waals surface area contributed by atoms with Crippen LogP contribution in [-0.4, -0.2) is 34.8 Å². The Bertz CT molecular complexity index is 873. The Kier molecular flexibility index (Phi) is 5.00. The molecule has 1 amide bonds. The number of anilines is 1. The van der Waals surface area contributed by atoms with Crippen molar-refractivity contribution < 1.29 is 4.79 Å². The number of para-hydroxylation sites is 1. The number of amides is 1. The molecule has 1 aromatic carbocycles. The zero-order valence-corrected chi connectivity index (χ0v) is 14.7. The molecule has 3 rings (SSSR count). The number of halogens is 1. The van der Waals surface area contributed by atoms with Crippen molar-refractivity contribution in [3.05, 3.63) is 71.1 Å². The summed E-state index contributed by atoms with van der Waals surface area (Å²) in [5, 5.41) is 7.70. The lowest BCUT2D eigenvalue weighted by atomic mass is 10.2. The lowest BCUT2D eigenvalue weighted by molar-refractivity contribution is 0.0945. The smallest absolute Gasteiger partial charge is 0.272 e. The zero-order chi connectivity index (χ0) is 17.8. The van der Waals surface area contributed by atoms with Crippen LogP contribution in [0.15, 0.2) is 54.9 Å². The molecular weight excluding hydrogens is 338 g/mol. The second kappa shape index (κ2) is 7.36. The van der Waals surface area contributed by atoms with Crippen molar-refractivity contribution in [1.29, 1.82) is 0 Å². The Labute approximate surface area is 151 Å². The van der Waals surface area contributed by atoms with Crippen molar-refractivity contribution in [2.45, 2.75) is 6.54 Å². The average molecular weight is 356 g/mol. The predicted molar refractivity (Wildman–Crippen MR) is 98.3 cm³/mol. The fourth-order valence-corrected chi connectivity index (χ4v) is 2.50. The number of carbonyl (C=O) groups is 1. The number of hydrogen-bond donors (Lipinski definition) is 1. The normalized spacial score (nSPS) is 10.5. The maximum absolute atomic E-state index is 12.3. The molecule has 0 bridgehead atoms. The fraction of sp³-hybridized carbons (Fsp3) is 0.167. The van der Waals surface area contributed by atoms with E-state index in [4.69, 9.17) is 11.6 Å². The molecule has 0 fully saturated rings. The Balaban J connectivity index is 1.65. The summed E-state index contributed by atoms with van der Waals surface area (Å²) in [6.07, 6.45) is 3.46. The third kappa shape index (κ3) is 3.97. The van der Waals surface area contributed by atoms with Crippen LogP contribution in [-0.2, 0) is 6.54 Å². The molecule has 0 spiro atoms. The number of nitrogens with zero attached hydrogens (tertiary/aromatic N) is 4. The van der Waals surface area contributed by atoms with Crippen molar-refractivity contribution in [3.8, 4) is 5.69 Å². The van der Waals surface area contributed by atoms with Crippen LogP contribution in [0.25, 0.3) is 5.69 Å². The molecule has 0 aliphatic carbocycles. The van der Waals surface area contributed by atoms with Crippen molar-refractivity contribution in [2.24, 2.45) is 0 Å². The number of pyridine rings is 1. The van der Waals surface area contributed by atoms with Gasteiger partial charge in [-0.3, -0.25) is 4.79 Å². The highest BCUT2D eigenvalue weighted by Crippen LogP contribution is 2.19. The SMILES string of the molecule is CN(C)c1ccc(CNC(=O)c2ccn(-c3ccccc3Cl)n2)cn1. The molecule has 3 aromatic rings. The van der Waals surface area contributed by atoms with Gasteiger partial charge in [0.2, 0.25) is 0 Å². The topological polar surface area (TPSA) is 63.1 Å². The number of aromatic nitrogens is 3. The van der Waals surface area contributed by atoms with E-state index in [0.29, 0.717) is 17.3 Å². The Hall–Kier alpha value is -2.86. The van der Waals surface area contributed by atoms with Gasteiger partial charge in [-0.1, -0.05) is 29.8 Å². The van der Waals surface area contributed by atoms with Crippen LogP contribution >= 0.6 is 11.6 Å². The Morgan fingerprint density at radius 3 is 2.68 bits per heavy atom. The quantitative estimate of drug-likeness (QED) is 0.764. The molecule has 2 aromatic heterocycles. The summed E-state index contributed by atoms with van der Waals surface area (Å²) >= 11 is 6.15. The molecule has 0 aliphatic heterocycles. The number of carbonyl (C=O) groups excluding carboxylic acids is 1. The molecule has 7 heteroatoms. The summed E-state index contributed by atoms with van der Waals surface area (Å²) in [5.41, 5.74) is 1.98. The first kappa shape index (κ1) is 17.0. The molecule has 2 heterocycles. The third-order valence-corrected chi connectivity index (χ3v) is 3.96. The average Bonchev–Trinajstić information content (AvgIpc) is 3.10. The van der Waals surface area contributed by atoms with Gasteiger partial charge in [-0.15, -0.1) is 0 Å². The number of nitrogens with one attached hydrogen (secondary N) is 1. The van der Waals surface area contributed by atoms with Crippen LogP contribution in [0.1, 0.15) is 16.1 Å². The molecule has 1 N–H and O–H groups in total. The molecule has 0 radical (unpaired) electrons. The van der Waals surface area contributed by atoms with Gasteiger partial charge in [0.15, 0.2) is 5.69 Å². The van der Waals surface area contributed by atoms with Gasteiger partial charge in [-0.2, -0.15) is 5.10 Å². The summed E-state index contributed by atoms with van der Waals surface area (Å²) in [5.74, 6) is 0.621. The lowest BCUT2D eigenvalue weighted by Gasteiger charge is -2.11. The van der Waals surface area contributed by atoms with Gasteiger partial charge in [-0.25, -0.2) is 9.67 Å². The minimum absolute atomic E-state index is 0.248. The first-order valence-corrected chi connectivity index (χ1v) is 8.13. The molecular formula is C18H18ClN5O. The van der Waals surface area contributed by atoms with Gasteiger partial charge in [0, 0.05) is 33.0 Å². The second-order valence-corrected chi connectivity index (χ2v) is 6.11. The summed E-state index contributed by atoms with van der Waals surface area (Å²) < 4.78 is 1.59. The first-order chi connectivity index (χ1) is 12.0. The van der Waals surface area contributed by atoms with Gasteiger partial charge in [-0.05, 0) is 29.8 Å². The molecule has 0 unspecified atom stereocenters. The number of hydrogen-bond acceptors (Lipinski definition) is 4. The van der Waals surface area contributed by atoms with E-state index >= 15 is 0 Å². The van der Waals surface area contributed by atoms with Crippen LogP contribution in [0.2, 0.25) is 5.02 Å². The first-order valence-electron chi connectivity index (χ1n) is 7.75. The molecule has 0 saturated carbocycles. The van der Waals surface area contributed by atoms with E-state index in [9.17, 15) is 4.79 Å². The van der Waals surface area contributed by atoms with Crippen LogP contribution < -0.4 is 10.2 Å². The summed E-state index contributed by atoms with van der Waals surface area (Å²) in [4.78, 5) is 18.5. The van der Waals surface area contributed by atoms with Crippen LogP contribution in [0.4, 0.5) is 5.82 Å². The highest BCUT2D eigenvalue weighted by atomic mass is 35.5. The van der Waals surface area contributed by atoms with Gasteiger partial charge >= 0.3 is 0 Å². The monoisotopic (exact) mass is 355 g/mol. The van der Waals surface area contributed by atoms with E-state index in [1.807, 2.05) is 49.3 Å². The number of benzene rings is 1. The molecule has 0 atom stereocenters. The minimum atomic E-state index is -0.248. The number of rotatable bonds is 5. The summed E-state index contributed by atoms with van der Waals surface area (Å²) in [6.45, 7) is 0.387. The molecule has 0 aliphatic rings. The lowest BCUT2D eigenvalue weighted by Crippen LogP contribution is -2.23. The van der Waals surface area contributed by atoms with Crippen LogP contribution in [0.5, 0.6) is 0 Å². The van der Waals surface area contributed by atoms with E-state index in [-0.39, 0.29) is 5.91 Å². The van der Waals surface area contributed by atoms with E-state index in [1.54, 1.807) is 29.2 Å². The van der Waals surface area contributed by atoms with E-state index in [0.717, 1.165) is 17.1 Å². The van der Waals surface area contributed by atoms with Gasteiger partial charge < -0.3 is 10.2 Å². The largest absolute Gasteiger partial charge is 0.363 e. The van der Waals surface area contributed by atoms with E-state index < -0.39 is 0 Å². The van der Waals surface area contributed by atoms with Gasteiger partial charge in [0.1, 0.15) is 5.82 Å². The Morgan fingerprint density at radius 1 is 1.20 bits per heavy atom. The van der Waals surface area contributed by atoms with Gasteiger partial charge in [0.05, 0.1) is 10.7 Å². The van der Waals surface area contributed by atoms with Crippen LogP contribution in [0.3, 0.4) is 0 Å². The molecule has 6 nitrogen and oxygen atoms in total.